The number of para-hydroxylation sites is 2. The molecule has 0 aliphatic carbocycles. The molecule has 8 heteroatoms. The van der Waals surface area contributed by atoms with E-state index in [1.807, 2.05) is 72.9 Å². The van der Waals surface area contributed by atoms with Gasteiger partial charge in [-0.2, -0.15) is 5.10 Å². The molecule has 7 nitrogen and oxygen atoms in total. The molecule has 0 saturated heterocycles. The molecule has 160 valence electrons. The van der Waals surface area contributed by atoms with Gasteiger partial charge < -0.3 is 15.5 Å². The number of amides is 1. The SMILES string of the molecule is Cl.NC(C(=O)Nc1cccc(-c2nc3ccccc3o2)c1)c1ccc(-c2cn[nH]c2)cc1. The van der Waals surface area contributed by atoms with Crippen molar-refractivity contribution >= 4 is 35.1 Å². The maximum Gasteiger partial charge on any atom is 0.245 e. The molecule has 0 radical (unpaired) electrons. The average molecular weight is 446 g/mol. The highest BCUT2D eigenvalue weighted by atomic mass is 35.5. The molecular weight excluding hydrogens is 426 g/mol. The number of anilines is 1. The molecule has 1 atom stereocenters. The maximum absolute atomic E-state index is 12.7. The quantitative estimate of drug-likeness (QED) is 0.354. The number of hydrogen-bond donors (Lipinski definition) is 3. The Morgan fingerprint density at radius 1 is 0.969 bits per heavy atom. The molecule has 2 aromatic heterocycles. The summed E-state index contributed by atoms with van der Waals surface area (Å²) in [6.07, 6.45) is 3.55. The van der Waals surface area contributed by atoms with E-state index in [0.29, 0.717) is 17.2 Å². The van der Waals surface area contributed by atoms with E-state index in [1.165, 1.54) is 0 Å². The molecule has 1 unspecified atom stereocenters. The van der Waals surface area contributed by atoms with Crippen molar-refractivity contribution in [3.05, 3.63) is 90.8 Å². The van der Waals surface area contributed by atoms with Gasteiger partial charge >= 0.3 is 0 Å². The lowest BCUT2D eigenvalue weighted by Gasteiger charge is -2.13. The zero-order chi connectivity index (χ0) is 21.2. The minimum Gasteiger partial charge on any atom is -0.436 e. The van der Waals surface area contributed by atoms with E-state index in [9.17, 15) is 4.79 Å². The first-order chi connectivity index (χ1) is 15.2. The molecule has 0 aliphatic rings. The normalized spacial score (nSPS) is 11.7. The Morgan fingerprint density at radius 2 is 1.78 bits per heavy atom. The minimum atomic E-state index is -0.800. The number of nitrogens with zero attached hydrogens (tertiary/aromatic N) is 2. The van der Waals surface area contributed by atoms with Gasteiger partial charge in [0.2, 0.25) is 11.8 Å². The summed E-state index contributed by atoms with van der Waals surface area (Å²) in [7, 11) is 0. The van der Waals surface area contributed by atoms with Crippen molar-refractivity contribution in [3.63, 3.8) is 0 Å². The number of H-pyrrole nitrogens is 1. The summed E-state index contributed by atoms with van der Waals surface area (Å²) in [5.41, 5.74) is 11.8. The van der Waals surface area contributed by atoms with Gasteiger partial charge in [-0.3, -0.25) is 9.89 Å². The predicted molar refractivity (Wildman–Crippen MR) is 126 cm³/mol. The van der Waals surface area contributed by atoms with Crippen LogP contribution in [0.25, 0.3) is 33.7 Å². The smallest absolute Gasteiger partial charge is 0.245 e. The summed E-state index contributed by atoms with van der Waals surface area (Å²) in [5, 5.41) is 9.61. The molecule has 0 spiro atoms. The van der Waals surface area contributed by atoms with E-state index in [-0.39, 0.29) is 18.3 Å². The van der Waals surface area contributed by atoms with Gasteiger partial charge in [-0.1, -0.05) is 42.5 Å². The van der Waals surface area contributed by atoms with Crippen LogP contribution in [0.5, 0.6) is 0 Å². The molecule has 5 rings (SSSR count). The average Bonchev–Trinajstić information content (AvgIpc) is 3.49. The van der Waals surface area contributed by atoms with Crippen LogP contribution in [-0.2, 0) is 4.79 Å². The number of aromatic amines is 1. The fourth-order valence-electron chi connectivity index (χ4n) is 3.39. The lowest BCUT2D eigenvalue weighted by atomic mass is 10.0. The maximum atomic E-state index is 12.7. The highest BCUT2D eigenvalue weighted by molar-refractivity contribution is 5.96. The van der Waals surface area contributed by atoms with E-state index >= 15 is 0 Å². The Kier molecular flexibility index (Phi) is 6.02. The van der Waals surface area contributed by atoms with Crippen molar-refractivity contribution in [3.8, 4) is 22.6 Å². The van der Waals surface area contributed by atoms with Gasteiger partial charge in [0.05, 0.1) is 6.20 Å². The summed E-state index contributed by atoms with van der Waals surface area (Å²) in [5.74, 6) is 0.196. The Bertz CT molecular complexity index is 1310. The second-order valence-corrected chi connectivity index (χ2v) is 7.14. The molecule has 2 heterocycles. The molecule has 0 aliphatic heterocycles. The van der Waals surface area contributed by atoms with E-state index in [0.717, 1.165) is 27.8 Å². The van der Waals surface area contributed by atoms with Crippen LogP contribution in [0, 0.1) is 0 Å². The molecule has 4 N–H and O–H groups in total. The second-order valence-electron chi connectivity index (χ2n) is 7.14. The molecule has 0 fully saturated rings. The zero-order valence-corrected chi connectivity index (χ0v) is 17.7. The Labute approximate surface area is 190 Å². The van der Waals surface area contributed by atoms with Crippen molar-refractivity contribution in [2.24, 2.45) is 5.73 Å². The Hall–Kier alpha value is -3.94. The van der Waals surface area contributed by atoms with Crippen LogP contribution in [-0.4, -0.2) is 21.1 Å². The van der Waals surface area contributed by atoms with Crippen LogP contribution in [0.1, 0.15) is 11.6 Å². The summed E-state index contributed by atoms with van der Waals surface area (Å²) < 4.78 is 5.82. The number of carbonyl (C=O) groups is 1. The number of nitrogens with one attached hydrogen (secondary N) is 2. The fraction of sp³-hybridized carbons (Fsp3) is 0.0417. The van der Waals surface area contributed by atoms with Gasteiger partial charge in [0.1, 0.15) is 11.6 Å². The number of carbonyl (C=O) groups excluding carboxylic acids is 1. The topological polar surface area (TPSA) is 110 Å². The number of nitrogens with two attached hydrogens (primary N) is 1. The first-order valence-electron chi connectivity index (χ1n) is 9.79. The Balaban J connectivity index is 0.00000245. The molecule has 0 saturated carbocycles. The van der Waals surface area contributed by atoms with E-state index < -0.39 is 6.04 Å². The lowest BCUT2D eigenvalue weighted by Crippen LogP contribution is -2.27. The van der Waals surface area contributed by atoms with Crippen LogP contribution in [0.4, 0.5) is 5.69 Å². The van der Waals surface area contributed by atoms with E-state index in [2.05, 4.69) is 20.5 Å². The van der Waals surface area contributed by atoms with E-state index in [4.69, 9.17) is 10.2 Å². The molecule has 3 aromatic carbocycles. The van der Waals surface area contributed by atoms with Crippen LogP contribution in [0.2, 0.25) is 0 Å². The van der Waals surface area contributed by atoms with Gasteiger partial charge in [0, 0.05) is 23.0 Å². The number of rotatable bonds is 5. The minimum absolute atomic E-state index is 0. The standard InChI is InChI=1S/C24H19N5O2.ClH/c25-22(16-10-8-15(9-11-16)18-13-26-27-14-18)23(30)28-19-5-3-4-17(12-19)24-29-20-6-1-2-7-21(20)31-24;/h1-14,22H,25H2,(H,26,27)(H,28,30);1H. The van der Waals surface area contributed by atoms with Crippen molar-refractivity contribution in [1.82, 2.24) is 15.2 Å². The summed E-state index contributed by atoms with van der Waals surface area (Å²) in [4.78, 5) is 17.2. The van der Waals surface area contributed by atoms with Gasteiger partial charge in [-0.15, -0.1) is 12.4 Å². The lowest BCUT2D eigenvalue weighted by molar-refractivity contribution is -0.117. The number of benzene rings is 3. The molecule has 32 heavy (non-hydrogen) atoms. The predicted octanol–water partition coefficient (Wildman–Crippen LogP) is 4.95. The van der Waals surface area contributed by atoms with Crippen LogP contribution < -0.4 is 11.1 Å². The highest BCUT2D eigenvalue weighted by Crippen LogP contribution is 2.27. The van der Waals surface area contributed by atoms with E-state index in [1.54, 1.807) is 12.3 Å². The molecule has 0 bridgehead atoms. The van der Waals surface area contributed by atoms with Crippen molar-refractivity contribution in [2.75, 3.05) is 5.32 Å². The zero-order valence-electron chi connectivity index (χ0n) is 16.9. The van der Waals surface area contributed by atoms with Crippen molar-refractivity contribution in [1.29, 1.82) is 0 Å². The first-order valence-corrected chi connectivity index (χ1v) is 9.79. The molecule has 5 aromatic rings. The third kappa shape index (κ3) is 4.25. The van der Waals surface area contributed by atoms with Crippen molar-refractivity contribution < 1.29 is 9.21 Å². The highest BCUT2D eigenvalue weighted by Gasteiger charge is 2.17. The number of fused-ring (bicyclic) bond motifs is 1. The van der Waals surface area contributed by atoms with Crippen LogP contribution in [0.15, 0.2) is 89.6 Å². The van der Waals surface area contributed by atoms with Crippen molar-refractivity contribution in [2.45, 2.75) is 6.04 Å². The molecular formula is C24H20ClN5O2. The fourth-order valence-corrected chi connectivity index (χ4v) is 3.39. The van der Waals surface area contributed by atoms with Crippen LogP contribution in [0.3, 0.4) is 0 Å². The molecule has 1 amide bonds. The second kappa shape index (κ2) is 9.05. The third-order valence-electron chi connectivity index (χ3n) is 5.05. The van der Waals surface area contributed by atoms with Gasteiger partial charge in [0.15, 0.2) is 5.58 Å². The van der Waals surface area contributed by atoms with Gasteiger partial charge in [-0.05, 0) is 41.5 Å². The monoisotopic (exact) mass is 445 g/mol. The number of oxazole rings is 1. The van der Waals surface area contributed by atoms with Gasteiger partial charge in [0.25, 0.3) is 0 Å². The number of hydrogen-bond acceptors (Lipinski definition) is 5. The summed E-state index contributed by atoms with van der Waals surface area (Å²) >= 11 is 0. The number of halogens is 1. The first kappa shape index (κ1) is 21.3. The van der Waals surface area contributed by atoms with Crippen LogP contribution >= 0.6 is 12.4 Å². The summed E-state index contributed by atoms with van der Waals surface area (Å²) in [6.45, 7) is 0. The largest absolute Gasteiger partial charge is 0.436 e. The van der Waals surface area contributed by atoms with Gasteiger partial charge in [-0.25, -0.2) is 4.98 Å². The summed E-state index contributed by atoms with van der Waals surface area (Å²) in [6, 6.07) is 21.7. The third-order valence-corrected chi connectivity index (χ3v) is 5.05. The number of aromatic nitrogens is 3. The Morgan fingerprint density at radius 3 is 2.53 bits per heavy atom.